The van der Waals surface area contributed by atoms with Crippen molar-refractivity contribution in [3.63, 3.8) is 0 Å². The van der Waals surface area contributed by atoms with E-state index < -0.39 is 0 Å². The minimum Gasteiger partial charge on any atom is -0.0776 e. The molecule has 0 unspecified atom stereocenters. The van der Waals surface area contributed by atoms with E-state index in [4.69, 9.17) is 0 Å². The summed E-state index contributed by atoms with van der Waals surface area (Å²) >= 11 is 0. The Balaban J connectivity index is 0.00000144. The van der Waals surface area contributed by atoms with Gasteiger partial charge in [0.1, 0.15) is 0 Å². The molecule has 2 aromatic carbocycles. The van der Waals surface area contributed by atoms with Gasteiger partial charge < -0.3 is 0 Å². The lowest BCUT2D eigenvalue weighted by Gasteiger charge is -2.07. The van der Waals surface area contributed by atoms with Gasteiger partial charge in [0.15, 0.2) is 0 Å². The molecule has 0 bridgehead atoms. The summed E-state index contributed by atoms with van der Waals surface area (Å²) in [7, 11) is 0. The van der Waals surface area contributed by atoms with Gasteiger partial charge in [0, 0.05) is 0 Å². The molecule has 0 fully saturated rings. The van der Waals surface area contributed by atoms with Gasteiger partial charge in [0.2, 0.25) is 0 Å². The molecule has 0 aliphatic heterocycles. The van der Waals surface area contributed by atoms with Gasteiger partial charge in [0.25, 0.3) is 0 Å². The van der Waals surface area contributed by atoms with Crippen LogP contribution in [-0.2, 0) is 6.42 Å². The highest BCUT2D eigenvalue weighted by molar-refractivity contribution is 5.35. The minimum atomic E-state index is 0. The number of hydrogen-bond donors (Lipinski definition) is 0. The van der Waals surface area contributed by atoms with Crippen molar-refractivity contribution in [3.05, 3.63) is 70.3 Å². The predicted octanol–water partition coefficient (Wildman–Crippen LogP) is 4.84. The van der Waals surface area contributed by atoms with E-state index in [0.717, 1.165) is 6.42 Å². The molecule has 0 saturated heterocycles. The Morgan fingerprint density at radius 2 is 1.53 bits per heavy atom. The van der Waals surface area contributed by atoms with Crippen LogP contribution in [0, 0.1) is 20.8 Å². The maximum Gasteiger partial charge on any atom is -0.00230 e. The van der Waals surface area contributed by atoms with Crippen LogP contribution in [0.25, 0.3) is 0 Å². The van der Waals surface area contributed by atoms with E-state index in [1.54, 1.807) is 0 Å². The maximum absolute atomic E-state index is 2.29. The molecule has 0 heteroatoms. The molecule has 0 heterocycles. The molecule has 0 aromatic heterocycles. The third-order valence-corrected chi connectivity index (χ3v) is 2.98. The van der Waals surface area contributed by atoms with E-state index in [0.29, 0.717) is 0 Å². The number of benzene rings is 2. The third-order valence-electron chi connectivity index (χ3n) is 2.98. The quantitative estimate of drug-likeness (QED) is 0.687. The summed E-state index contributed by atoms with van der Waals surface area (Å²) in [6.07, 6.45) is 1.04. The van der Waals surface area contributed by atoms with E-state index in [-0.39, 0.29) is 7.43 Å². The summed E-state index contributed by atoms with van der Waals surface area (Å²) < 4.78 is 0. The summed E-state index contributed by atoms with van der Waals surface area (Å²) in [5.74, 6) is 0. The van der Waals surface area contributed by atoms with Gasteiger partial charge in [-0.1, -0.05) is 61.0 Å². The number of hydrogen-bond acceptors (Lipinski definition) is 0. The molecule has 2 rings (SSSR count). The second kappa shape index (κ2) is 5.67. The van der Waals surface area contributed by atoms with E-state index in [1.165, 1.54) is 27.8 Å². The van der Waals surface area contributed by atoms with Crippen LogP contribution < -0.4 is 0 Å². The highest BCUT2D eigenvalue weighted by Crippen LogP contribution is 2.16. The zero-order valence-corrected chi connectivity index (χ0v) is 10.2. The van der Waals surface area contributed by atoms with Gasteiger partial charge in [-0.2, -0.15) is 0 Å². The van der Waals surface area contributed by atoms with Crippen LogP contribution in [0.15, 0.2) is 42.5 Å². The van der Waals surface area contributed by atoms with E-state index in [2.05, 4.69) is 63.2 Å². The Labute approximate surface area is 105 Å². The van der Waals surface area contributed by atoms with Crippen LogP contribution in [0.3, 0.4) is 0 Å². The van der Waals surface area contributed by atoms with E-state index in [1.807, 2.05) is 0 Å². The molecule has 2 aromatic rings. The van der Waals surface area contributed by atoms with Gasteiger partial charge in [-0.25, -0.2) is 0 Å². The minimum absolute atomic E-state index is 0. The van der Waals surface area contributed by atoms with Crippen molar-refractivity contribution in [1.29, 1.82) is 0 Å². The predicted molar refractivity (Wildman–Crippen MR) is 76.6 cm³/mol. The number of rotatable bonds is 2. The standard InChI is InChI=1S/C16H18.CH4/c1-12-5-4-6-15(9-12)11-16-10-13(2)7-8-14(16)3;/h4-10H,11H2,1-3H3;1H4. The van der Waals surface area contributed by atoms with Crippen molar-refractivity contribution in [2.45, 2.75) is 34.6 Å². The van der Waals surface area contributed by atoms with Gasteiger partial charge in [-0.3, -0.25) is 0 Å². The Morgan fingerprint density at radius 1 is 0.824 bits per heavy atom. The first-order chi connectivity index (χ1) is 7.65. The average Bonchev–Trinajstić information content (AvgIpc) is 2.24. The second-order valence-corrected chi connectivity index (χ2v) is 4.60. The molecule has 0 nitrogen and oxygen atoms in total. The van der Waals surface area contributed by atoms with Crippen molar-refractivity contribution in [1.82, 2.24) is 0 Å². The van der Waals surface area contributed by atoms with Crippen LogP contribution in [0.4, 0.5) is 0 Å². The zero-order chi connectivity index (χ0) is 11.5. The highest BCUT2D eigenvalue weighted by Gasteiger charge is 2.00. The Hall–Kier alpha value is -1.56. The molecule has 17 heavy (non-hydrogen) atoms. The first kappa shape index (κ1) is 13.5. The fraction of sp³-hybridized carbons (Fsp3) is 0.294. The fourth-order valence-corrected chi connectivity index (χ4v) is 2.03. The fourth-order valence-electron chi connectivity index (χ4n) is 2.03. The van der Waals surface area contributed by atoms with E-state index in [9.17, 15) is 0 Å². The lowest BCUT2D eigenvalue weighted by atomic mass is 9.98. The zero-order valence-electron chi connectivity index (χ0n) is 10.2. The van der Waals surface area contributed by atoms with Crippen LogP contribution in [0.1, 0.15) is 35.2 Å². The molecule has 0 saturated carbocycles. The molecule has 0 amide bonds. The average molecular weight is 226 g/mol. The summed E-state index contributed by atoms with van der Waals surface area (Å²) in [5, 5.41) is 0. The van der Waals surface area contributed by atoms with Gasteiger partial charge in [-0.15, -0.1) is 0 Å². The van der Waals surface area contributed by atoms with Crippen molar-refractivity contribution >= 4 is 0 Å². The van der Waals surface area contributed by atoms with Crippen LogP contribution >= 0.6 is 0 Å². The lowest BCUT2D eigenvalue weighted by Crippen LogP contribution is -1.93. The van der Waals surface area contributed by atoms with E-state index >= 15 is 0 Å². The Bertz CT molecular complexity index is 495. The SMILES string of the molecule is C.Cc1cccc(Cc2cc(C)ccc2C)c1. The first-order valence-electron chi connectivity index (χ1n) is 5.77. The molecule has 0 aliphatic rings. The van der Waals surface area contributed by atoms with Gasteiger partial charge in [0.05, 0.1) is 0 Å². The summed E-state index contributed by atoms with van der Waals surface area (Å²) in [6.45, 7) is 6.48. The Morgan fingerprint density at radius 3 is 2.24 bits per heavy atom. The van der Waals surface area contributed by atoms with Gasteiger partial charge >= 0.3 is 0 Å². The van der Waals surface area contributed by atoms with Crippen molar-refractivity contribution < 1.29 is 0 Å². The molecule has 0 atom stereocenters. The molecular formula is C17H22. The molecular weight excluding hydrogens is 204 g/mol. The topological polar surface area (TPSA) is 0 Å². The molecule has 90 valence electrons. The van der Waals surface area contributed by atoms with Crippen molar-refractivity contribution in [3.8, 4) is 0 Å². The maximum atomic E-state index is 2.29. The van der Waals surface area contributed by atoms with Gasteiger partial charge in [-0.05, 0) is 43.9 Å². The van der Waals surface area contributed by atoms with Crippen LogP contribution in [-0.4, -0.2) is 0 Å². The first-order valence-corrected chi connectivity index (χ1v) is 5.77. The second-order valence-electron chi connectivity index (χ2n) is 4.60. The molecule has 0 radical (unpaired) electrons. The number of aryl methyl sites for hydroxylation is 3. The van der Waals surface area contributed by atoms with Crippen LogP contribution in [0.5, 0.6) is 0 Å². The molecule has 0 N–H and O–H groups in total. The molecule has 0 aliphatic carbocycles. The monoisotopic (exact) mass is 226 g/mol. The van der Waals surface area contributed by atoms with Crippen LogP contribution in [0.2, 0.25) is 0 Å². The summed E-state index contributed by atoms with van der Waals surface area (Å²) in [4.78, 5) is 0. The molecule has 0 spiro atoms. The third kappa shape index (κ3) is 3.45. The largest absolute Gasteiger partial charge is 0.0776 e. The Kier molecular flexibility index (Phi) is 4.51. The smallest absolute Gasteiger partial charge is 0.00230 e. The summed E-state index contributed by atoms with van der Waals surface area (Å²) in [6, 6.07) is 15.4. The highest BCUT2D eigenvalue weighted by atomic mass is 14.1. The lowest BCUT2D eigenvalue weighted by molar-refractivity contribution is 1.14. The van der Waals surface area contributed by atoms with Crippen molar-refractivity contribution in [2.75, 3.05) is 0 Å². The summed E-state index contributed by atoms with van der Waals surface area (Å²) in [5.41, 5.74) is 6.89. The normalized spacial score (nSPS) is 9.82. The van der Waals surface area contributed by atoms with Crippen molar-refractivity contribution in [2.24, 2.45) is 0 Å².